The van der Waals surface area contributed by atoms with Crippen LogP contribution in [-0.2, 0) is 28.4 Å². The largest absolute Gasteiger partial charge is 0.378 e. The number of rotatable bonds is 24. The highest BCUT2D eigenvalue weighted by Gasteiger charge is 2.69. The Hall–Kier alpha value is -0.600. The van der Waals surface area contributed by atoms with Gasteiger partial charge in [-0.2, -0.15) is 0 Å². The molecule has 9 aliphatic carbocycles. The standard InChI is InChI=1S/C81H143N9O6/c1-9-15-36-91-68-52-32-25-26-33-53(52)69(92-37-16-10-2)64-63(68)78-84-74-59-46(7)55-42-48-28-21-22-29-49(48)43-56(55)71(94-39-18-12-4)61(59)76(83-74)87-80-65-66(73(96-41-20-14-6)58-45-51-31-24-23-30-50(51)44-57(58)72(65)95-40-19-13-5)81(90-80)88-77-62-60(75(85-77)86-79(64)89-78)47(8)67-54(34-27-35-82-67)70(62)93-38-17-11-3/h46-90H,9-45H2,1-8H3. The zero-order chi connectivity index (χ0) is 65.6. The van der Waals surface area contributed by atoms with Crippen molar-refractivity contribution in [2.75, 3.05) is 46.2 Å². The first-order valence-electron chi connectivity index (χ1n) is 42.8. The molecule has 15 aliphatic rings. The SMILES string of the molecule is CCCCOC1C2CC3CCCCC3CC2C(C)C2C3NC(NC4NC(NC5NC(NC6NC(N3)C3C(OCCCC)C7CCCCC7C(OCCCC)C63)C3C(C)C6NCCCC6C(OCCCC)C53)C3C(OCCCC)C5CC6CCCCC6CC5C(OCCCC)C43)C12. The van der Waals surface area contributed by atoms with Crippen LogP contribution >= 0.6 is 0 Å². The molecule has 6 aliphatic heterocycles. The fourth-order valence-corrected chi connectivity index (χ4v) is 26.6. The van der Waals surface area contributed by atoms with Gasteiger partial charge in [0.15, 0.2) is 0 Å². The minimum atomic E-state index is -0.0173. The van der Waals surface area contributed by atoms with E-state index in [1.807, 2.05) is 0 Å². The third-order valence-corrected chi connectivity index (χ3v) is 30.8. The van der Waals surface area contributed by atoms with Gasteiger partial charge in [-0.3, -0.25) is 42.5 Å². The summed E-state index contributed by atoms with van der Waals surface area (Å²) in [6.45, 7) is 25.6. The van der Waals surface area contributed by atoms with E-state index in [1.165, 1.54) is 116 Å². The molecule has 9 saturated carbocycles. The van der Waals surface area contributed by atoms with Gasteiger partial charge in [0, 0.05) is 87.1 Å². The summed E-state index contributed by atoms with van der Waals surface area (Å²) in [6, 6.07) is 0.406. The van der Waals surface area contributed by atoms with Crippen LogP contribution in [0.4, 0.5) is 0 Å². The van der Waals surface area contributed by atoms with Crippen molar-refractivity contribution in [2.24, 2.45) is 124 Å². The molecule has 0 aromatic heterocycles. The van der Waals surface area contributed by atoms with E-state index in [9.17, 15) is 0 Å². The molecular formula is C81H143N9O6. The van der Waals surface area contributed by atoms with E-state index in [-0.39, 0.29) is 121 Å². The van der Waals surface area contributed by atoms with E-state index in [4.69, 9.17) is 60.3 Å². The Balaban J connectivity index is 0.897. The van der Waals surface area contributed by atoms with Crippen molar-refractivity contribution in [2.45, 2.75) is 340 Å². The highest BCUT2D eigenvalue weighted by atomic mass is 16.5. The van der Waals surface area contributed by atoms with Crippen LogP contribution in [0.25, 0.3) is 0 Å². The second-order valence-electron chi connectivity index (χ2n) is 35.7. The summed E-state index contributed by atoms with van der Waals surface area (Å²) in [5.74, 6) is 9.88. The number of fused-ring (bicyclic) bond motifs is 26. The van der Waals surface area contributed by atoms with Crippen molar-refractivity contribution in [1.29, 1.82) is 0 Å². The van der Waals surface area contributed by atoms with Gasteiger partial charge in [0.1, 0.15) is 0 Å². The van der Waals surface area contributed by atoms with Crippen LogP contribution in [0.3, 0.4) is 0 Å². The van der Waals surface area contributed by atoms with Crippen LogP contribution in [0, 0.1) is 124 Å². The number of ether oxygens (including phenoxy) is 6. The fourth-order valence-electron chi connectivity index (χ4n) is 26.6. The Bertz CT molecular complexity index is 2420. The van der Waals surface area contributed by atoms with E-state index in [1.54, 1.807) is 0 Å². The summed E-state index contributed by atoms with van der Waals surface area (Å²) < 4.78 is 46.5. The Kier molecular flexibility index (Phi) is 24.0. The van der Waals surface area contributed by atoms with Gasteiger partial charge >= 0.3 is 0 Å². The van der Waals surface area contributed by atoms with Crippen molar-refractivity contribution in [3.05, 3.63) is 0 Å². The molecule has 15 fully saturated rings. The maximum absolute atomic E-state index is 7.84. The number of piperidine rings is 1. The normalized spacial score (nSPS) is 50.8. The summed E-state index contributed by atoms with van der Waals surface area (Å²) in [4.78, 5) is 0. The third kappa shape index (κ3) is 13.7. The monoisotopic (exact) mass is 1340 g/mol. The van der Waals surface area contributed by atoms with Crippen LogP contribution in [-0.4, -0.2) is 138 Å². The molecule has 36 atom stereocenters. The zero-order valence-corrected chi connectivity index (χ0v) is 61.9. The molecule has 15 rings (SSSR count). The van der Waals surface area contributed by atoms with Gasteiger partial charge in [-0.1, -0.05) is 158 Å². The lowest BCUT2D eigenvalue weighted by Crippen LogP contribution is -2.65. The number of hydrogen-bond donors (Lipinski definition) is 9. The predicted molar refractivity (Wildman–Crippen MR) is 383 cm³/mol. The van der Waals surface area contributed by atoms with Crippen LogP contribution in [0.15, 0.2) is 0 Å². The zero-order valence-electron chi connectivity index (χ0n) is 61.9. The molecule has 8 bridgehead atoms. The van der Waals surface area contributed by atoms with Gasteiger partial charge in [0.05, 0.1) is 86.0 Å². The second kappa shape index (κ2) is 32.4. The average Bonchev–Trinajstić information content (AvgIpc) is 1.03. The molecule has 0 amide bonds. The molecule has 6 heterocycles. The molecule has 548 valence electrons. The van der Waals surface area contributed by atoms with E-state index < -0.39 is 0 Å². The van der Waals surface area contributed by atoms with E-state index >= 15 is 0 Å². The van der Waals surface area contributed by atoms with E-state index in [0.717, 1.165) is 147 Å². The molecule has 0 aromatic rings. The molecule has 96 heavy (non-hydrogen) atoms. The first-order chi connectivity index (χ1) is 47.2. The summed E-state index contributed by atoms with van der Waals surface area (Å²) in [6.07, 6.45) is 38.5. The molecule has 0 spiro atoms. The molecule has 6 saturated heterocycles. The van der Waals surface area contributed by atoms with E-state index in [0.29, 0.717) is 71.1 Å². The lowest BCUT2D eigenvalue weighted by Gasteiger charge is -2.57. The van der Waals surface area contributed by atoms with Crippen molar-refractivity contribution in [3.8, 4) is 0 Å². The Labute approximate surface area is 583 Å². The third-order valence-electron chi connectivity index (χ3n) is 30.8. The summed E-state index contributed by atoms with van der Waals surface area (Å²) in [5, 5.41) is 42.1. The smallest absolute Gasteiger partial charge is 0.0677 e. The van der Waals surface area contributed by atoms with Gasteiger partial charge in [0.25, 0.3) is 0 Å². The highest BCUT2D eigenvalue weighted by molar-refractivity contribution is 5.20. The topological polar surface area (TPSA) is 164 Å². The number of unbranched alkanes of at least 4 members (excludes halogenated alkanes) is 6. The molecule has 0 radical (unpaired) electrons. The Morgan fingerprint density at radius 3 is 0.844 bits per heavy atom. The predicted octanol–water partition coefficient (Wildman–Crippen LogP) is 12.6. The van der Waals surface area contributed by atoms with Crippen molar-refractivity contribution < 1.29 is 28.4 Å². The van der Waals surface area contributed by atoms with Gasteiger partial charge in [-0.05, 0) is 179 Å². The Morgan fingerprint density at radius 1 is 0.260 bits per heavy atom. The molecule has 15 nitrogen and oxygen atoms in total. The van der Waals surface area contributed by atoms with Gasteiger partial charge in [-0.25, -0.2) is 0 Å². The molecule has 0 aromatic carbocycles. The lowest BCUT2D eigenvalue weighted by molar-refractivity contribution is -0.187. The summed E-state index contributed by atoms with van der Waals surface area (Å²) in [7, 11) is 0. The van der Waals surface area contributed by atoms with Gasteiger partial charge in [0.2, 0.25) is 0 Å². The molecular weight excluding hydrogens is 1190 g/mol. The number of nitrogens with one attached hydrogen (secondary N) is 9. The van der Waals surface area contributed by atoms with Crippen LogP contribution in [0.1, 0.15) is 248 Å². The summed E-state index contributed by atoms with van der Waals surface area (Å²) >= 11 is 0. The quantitative estimate of drug-likeness (QED) is 0.0419. The minimum Gasteiger partial charge on any atom is -0.378 e. The van der Waals surface area contributed by atoms with Crippen molar-refractivity contribution in [1.82, 2.24) is 47.9 Å². The minimum absolute atomic E-state index is 0.000276. The van der Waals surface area contributed by atoms with Crippen LogP contribution in [0.5, 0.6) is 0 Å². The van der Waals surface area contributed by atoms with Gasteiger partial charge in [-0.15, -0.1) is 0 Å². The van der Waals surface area contributed by atoms with E-state index in [2.05, 4.69) is 71.3 Å². The molecule has 36 unspecified atom stereocenters. The first-order valence-corrected chi connectivity index (χ1v) is 42.8. The second-order valence-corrected chi connectivity index (χ2v) is 35.7. The lowest BCUT2D eigenvalue weighted by atomic mass is 9.52. The molecule has 9 N–H and O–H groups in total. The van der Waals surface area contributed by atoms with Crippen molar-refractivity contribution >= 4 is 0 Å². The maximum Gasteiger partial charge on any atom is 0.0677 e. The highest BCUT2D eigenvalue weighted by Crippen LogP contribution is 2.61. The molecule has 15 heteroatoms. The first kappa shape index (κ1) is 71.0. The summed E-state index contributed by atoms with van der Waals surface area (Å²) in [5.41, 5.74) is 0. The van der Waals surface area contributed by atoms with Crippen LogP contribution in [0.2, 0.25) is 0 Å². The number of hydrogen-bond acceptors (Lipinski definition) is 15. The van der Waals surface area contributed by atoms with Crippen LogP contribution < -0.4 is 47.9 Å². The van der Waals surface area contributed by atoms with Gasteiger partial charge < -0.3 is 33.7 Å². The maximum atomic E-state index is 7.84. The fraction of sp³-hybridized carbons (Fsp3) is 1.00. The Morgan fingerprint density at radius 2 is 0.510 bits per heavy atom. The average molecular weight is 1340 g/mol. The van der Waals surface area contributed by atoms with Crippen molar-refractivity contribution in [3.63, 3.8) is 0 Å².